The van der Waals surface area contributed by atoms with Gasteiger partial charge in [-0.15, -0.1) is 0 Å². The third-order valence-electron chi connectivity index (χ3n) is 5.37. The van der Waals surface area contributed by atoms with Crippen molar-refractivity contribution in [3.8, 4) is 17.2 Å². The second-order valence-corrected chi connectivity index (χ2v) is 7.61. The average Bonchev–Trinajstić information content (AvgIpc) is 3.24. The van der Waals surface area contributed by atoms with Gasteiger partial charge in [-0.25, -0.2) is 9.37 Å². The van der Waals surface area contributed by atoms with E-state index in [9.17, 15) is 14.3 Å². The molecule has 1 aromatic heterocycles. The molecular weight excluding hydrogens is 407 g/mol. The van der Waals surface area contributed by atoms with Crippen molar-refractivity contribution in [1.29, 1.82) is 0 Å². The molecule has 5 nitrogen and oxygen atoms in total. The van der Waals surface area contributed by atoms with Crippen LogP contribution in [0.15, 0.2) is 89.0 Å². The number of allylic oxidation sites excluding steroid dienone is 2. The molecule has 0 bridgehead atoms. The number of carbonyl (C=O) groups is 1. The molecule has 6 heteroatoms. The zero-order valence-electron chi connectivity index (χ0n) is 17.2. The fraction of sp³-hybridized carbons (Fsp3) is 0.0769. The Morgan fingerprint density at radius 3 is 2.78 bits per heavy atom. The normalized spacial score (nSPS) is 13.4. The summed E-state index contributed by atoms with van der Waals surface area (Å²) in [5.74, 6) is -1.07. The van der Waals surface area contributed by atoms with Gasteiger partial charge in [0, 0.05) is 24.0 Å². The minimum Gasteiger partial charge on any atom is -0.505 e. The monoisotopic (exact) mass is 426 g/mol. The zero-order chi connectivity index (χ0) is 22.2. The fourth-order valence-corrected chi connectivity index (χ4v) is 3.75. The van der Waals surface area contributed by atoms with E-state index in [1.807, 2.05) is 42.2 Å². The van der Waals surface area contributed by atoms with Crippen molar-refractivity contribution in [3.63, 3.8) is 0 Å². The number of ketones is 1. The summed E-state index contributed by atoms with van der Waals surface area (Å²) in [6, 6.07) is 17.2. The van der Waals surface area contributed by atoms with E-state index in [-0.39, 0.29) is 39.7 Å². The van der Waals surface area contributed by atoms with E-state index in [1.165, 1.54) is 12.1 Å². The highest BCUT2D eigenvalue weighted by atomic mass is 19.1. The molecule has 158 valence electrons. The van der Waals surface area contributed by atoms with Crippen LogP contribution in [0, 0.1) is 12.7 Å². The largest absolute Gasteiger partial charge is 0.505 e. The van der Waals surface area contributed by atoms with E-state index in [0.717, 1.165) is 11.3 Å². The lowest BCUT2D eigenvalue weighted by Crippen LogP contribution is -2.21. The van der Waals surface area contributed by atoms with Crippen LogP contribution >= 0.6 is 0 Å². The second-order valence-electron chi connectivity index (χ2n) is 7.61. The zero-order valence-corrected chi connectivity index (χ0v) is 17.2. The van der Waals surface area contributed by atoms with Crippen LogP contribution in [0.1, 0.15) is 15.9 Å². The predicted octanol–water partition coefficient (Wildman–Crippen LogP) is 5.79. The van der Waals surface area contributed by atoms with Gasteiger partial charge in [0.1, 0.15) is 5.82 Å². The molecule has 1 N–H and O–H groups in total. The third kappa shape index (κ3) is 3.46. The van der Waals surface area contributed by atoms with Gasteiger partial charge in [-0.05, 0) is 48.9 Å². The molecule has 0 saturated heterocycles. The minimum absolute atomic E-state index is 0.0420. The predicted molar refractivity (Wildman–Crippen MR) is 121 cm³/mol. The lowest BCUT2D eigenvalue weighted by atomic mass is 10.0. The van der Waals surface area contributed by atoms with E-state index in [2.05, 4.69) is 4.98 Å². The number of aromatic nitrogens is 1. The van der Waals surface area contributed by atoms with Crippen molar-refractivity contribution in [2.45, 2.75) is 6.92 Å². The number of halogens is 1. The van der Waals surface area contributed by atoms with Crippen LogP contribution < -0.4 is 4.90 Å². The van der Waals surface area contributed by atoms with Crippen LogP contribution in [-0.4, -0.2) is 22.4 Å². The van der Waals surface area contributed by atoms with Gasteiger partial charge in [0.2, 0.25) is 5.89 Å². The van der Waals surface area contributed by atoms with Crippen LogP contribution in [0.4, 0.5) is 10.1 Å². The molecule has 1 aliphatic rings. The highest BCUT2D eigenvalue weighted by Crippen LogP contribution is 2.34. The maximum Gasteiger partial charge on any atom is 0.230 e. The molecule has 0 radical (unpaired) electrons. The Hall–Kier alpha value is -4.19. The van der Waals surface area contributed by atoms with Crippen LogP contribution in [0.5, 0.6) is 5.75 Å². The van der Waals surface area contributed by atoms with Crippen molar-refractivity contribution in [2.24, 2.45) is 0 Å². The SMILES string of the molecule is Cc1cccc(N2C=C(C(=O)c3ccc4oc(-c5ccccc5F)nc4c3O)C=CC2)c1. The smallest absolute Gasteiger partial charge is 0.230 e. The number of fused-ring (bicyclic) bond motifs is 1. The Bertz CT molecular complexity index is 1420. The van der Waals surface area contributed by atoms with Crippen LogP contribution in [0.3, 0.4) is 0 Å². The van der Waals surface area contributed by atoms with Crippen molar-refractivity contribution < 1.29 is 18.7 Å². The van der Waals surface area contributed by atoms with Gasteiger partial charge in [-0.1, -0.05) is 36.4 Å². The maximum atomic E-state index is 14.1. The summed E-state index contributed by atoms with van der Waals surface area (Å²) >= 11 is 0. The molecular formula is C26H19FN2O3. The lowest BCUT2D eigenvalue weighted by molar-refractivity contribution is 0.103. The number of phenolic OH excluding ortho intramolecular Hbond substituents is 1. The van der Waals surface area contributed by atoms with Crippen molar-refractivity contribution in [2.75, 3.05) is 11.4 Å². The highest BCUT2D eigenvalue weighted by Gasteiger charge is 2.22. The van der Waals surface area contributed by atoms with Gasteiger partial charge in [0.25, 0.3) is 0 Å². The number of nitrogens with zero attached hydrogens (tertiary/aromatic N) is 2. The number of aromatic hydroxyl groups is 1. The minimum atomic E-state index is -0.483. The number of benzene rings is 3. The standard InChI is InChI=1S/C26H19FN2O3/c1-16-6-4-8-18(14-16)29-13-5-7-17(15-29)24(30)20-11-12-22-23(25(20)31)28-26(32-22)19-9-2-3-10-21(19)27/h2-12,14-15,31H,13H2,1H3. The summed E-state index contributed by atoms with van der Waals surface area (Å²) in [7, 11) is 0. The third-order valence-corrected chi connectivity index (χ3v) is 5.37. The van der Waals surface area contributed by atoms with E-state index in [0.29, 0.717) is 12.1 Å². The summed E-state index contributed by atoms with van der Waals surface area (Å²) in [6.07, 6.45) is 5.41. The molecule has 0 amide bonds. The fourth-order valence-electron chi connectivity index (χ4n) is 3.75. The van der Waals surface area contributed by atoms with E-state index in [4.69, 9.17) is 4.42 Å². The Labute approximate surface area is 183 Å². The molecule has 1 aliphatic heterocycles. The summed E-state index contributed by atoms with van der Waals surface area (Å²) in [5.41, 5.74) is 3.21. The van der Waals surface area contributed by atoms with Crippen molar-refractivity contribution in [3.05, 3.63) is 102 Å². The number of carbonyl (C=O) groups excluding carboxylic acids is 1. The number of rotatable bonds is 4. The second kappa shape index (κ2) is 7.81. The van der Waals surface area contributed by atoms with Gasteiger partial charge in [-0.2, -0.15) is 0 Å². The number of Topliss-reactive ketones (excluding diaryl/α,β-unsaturated/α-hetero) is 1. The number of aryl methyl sites for hydroxylation is 1. The van der Waals surface area contributed by atoms with Crippen molar-refractivity contribution in [1.82, 2.24) is 4.98 Å². The molecule has 0 unspecified atom stereocenters. The number of oxazole rings is 1. The van der Waals surface area contributed by atoms with E-state index in [1.54, 1.807) is 36.5 Å². The van der Waals surface area contributed by atoms with E-state index < -0.39 is 5.82 Å². The van der Waals surface area contributed by atoms with Gasteiger partial charge < -0.3 is 14.4 Å². The molecule has 0 spiro atoms. The number of hydrogen-bond acceptors (Lipinski definition) is 5. The topological polar surface area (TPSA) is 66.6 Å². The highest BCUT2D eigenvalue weighted by molar-refractivity contribution is 6.14. The van der Waals surface area contributed by atoms with Gasteiger partial charge in [-0.3, -0.25) is 4.79 Å². The molecule has 0 aliphatic carbocycles. The quantitative estimate of drug-likeness (QED) is 0.418. The first-order valence-electron chi connectivity index (χ1n) is 10.1. The first-order valence-corrected chi connectivity index (χ1v) is 10.1. The van der Waals surface area contributed by atoms with Gasteiger partial charge in [0.15, 0.2) is 22.6 Å². The summed E-state index contributed by atoms with van der Waals surface area (Å²) in [6.45, 7) is 2.65. The Morgan fingerprint density at radius 2 is 1.97 bits per heavy atom. The van der Waals surface area contributed by atoms with Crippen LogP contribution in [0.2, 0.25) is 0 Å². The molecule has 32 heavy (non-hydrogen) atoms. The molecule has 5 rings (SSSR count). The summed E-state index contributed by atoms with van der Waals surface area (Å²) < 4.78 is 19.7. The summed E-state index contributed by atoms with van der Waals surface area (Å²) in [4.78, 5) is 19.4. The first-order chi connectivity index (χ1) is 15.5. The van der Waals surface area contributed by atoms with E-state index >= 15 is 0 Å². The lowest BCUT2D eigenvalue weighted by Gasteiger charge is -2.23. The maximum absolute atomic E-state index is 14.1. The Morgan fingerprint density at radius 1 is 1.12 bits per heavy atom. The number of anilines is 1. The van der Waals surface area contributed by atoms with Crippen LogP contribution in [0.25, 0.3) is 22.6 Å². The summed E-state index contributed by atoms with van der Waals surface area (Å²) in [5, 5.41) is 10.8. The van der Waals surface area contributed by atoms with Crippen LogP contribution in [-0.2, 0) is 0 Å². The van der Waals surface area contributed by atoms with Gasteiger partial charge >= 0.3 is 0 Å². The van der Waals surface area contributed by atoms with Gasteiger partial charge in [0.05, 0.1) is 11.1 Å². The molecule has 0 fully saturated rings. The first kappa shape index (κ1) is 19.8. The molecule has 0 atom stereocenters. The number of phenols is 1. The number of hydrogen-bond donors (Lipinski definition) is 1. The Balaban J connectivity index is 1.51. The average molecular weight is 426 g/mol. The molecule has 3 aromatic carbocycles. The van der Waals surface area contributed by atoms with Crippen molar-refractivity contribution >= 4 is 22.6 Å². The molecule has 4 aromatic rings. The molecule has 2 heterocycles. The molecule has 0 saturated carbocycles. The Kier molecular flexibility index (Phi) is 4.82.